The molecular weight excluding hydrogens is 302 g/mol. The predicted molar refractivity (Wildman–Crippen MR) is 90.6 cm³/mol. The van der Waals surface area contributed by atoms with Gasteiger partial charge >= 0.3 is 0 Å². The molecule has 1 saturated carbocycles. The van der Waals surface area contributed by atoms with E-state index in [0.717, 1.165) is 43.4 Å². The molecule has 3 heterocycles. The number of hydrogen-bond donors (Lipinski definition) is 0. The maximum atomic E-state index is 12.5. The molecule has 2 aliphatic rings. The molecule has 4 rings (SSSR count). The number of carbonyl (C=O) groups excluding carboxylic acids is 1. The van der Waals surface area contributed by atoms with E-state index in [1.807, 2.05) is 27.9 Å². The lowest BCUT2D eigenvalue weighted by atomic mass is 10.1. The Morgan fingerprint density at radius 2 is 2.29 bits per heavy atom. The van der Waals surface area contributed by atoms with Crippen molar-refractivity contribution in [2.75, 3.05) is 13.1 Å². The molecule has 1 aliphatic heterocycles. The highest BCUT2D eigenvalue weighted by atomic mass is 16.3. The third kappa shape index (κ3) is 3.25. The molecular formula is C19H25N3O2. The van der Waals surface area contributed by atoms with E-state index >= 15 is 0 Å². The van der Waals surface area contributed by atoms with E-state index in [-0.39, 0.29) is 5.91 Å². The number of amides is 1. The molecule has 3 atom stereocenters. The van der Waals surface area contributed by atoms with Crippen LogP contribution in [0.1, 0.15) is 56.1 Å². The van der Waals surface area contributed by atoms with Gasteiger partial charge in [-0.15, -0.1) is 0 Å². The zero-order chi connectivity index (χ0) is 16.5. The van der Waals surface area contributed by atoms with Gasteiger partial charge in [-0.25, -0.2) is 0 Å². The first kappa shape index (κ1) is 15.5. The van der Waals surface area contributed by atoms with Gasteiger partial charge in [0.05, 0.1) is 6.04 Å². The van der Waals surface area contributed by atoms with Crippen molar-refractivity contribution in [1.29, 1.82) is 0 Å². The van der Waals surface area contributed by atoms with E-state index in [1.54, 1.807) is 6.20 Å². The van der Waals surface area contributed by atoms with E-state index in [4.69, 9.17) is 4.42 Å². The molecule has 24 heavy (non-hydrogen) atoms. The van der Waals surface area contributed by atoms with Crippen LogP contribution in [-0.2, 0) is 11.2 Å². The second-order valence-electron chi connectivity index (χ2n) is 7.25. The average molecular weight is 327 g/mol. The van der Waals surface area contributed by atoms with Gasteiger partial charge in [0.25, 0.3) is 0 Å². The van der Waals surface area contributed by atoms with Gasteiger partial charge < -0.3 is 9.32 Å². The quantitative estimate of drug-likeness (QED) is 0.846. The predicted octanol–water partition coefficient (Wildman–Crippen LogP) is 3.40. The summed E-state index contributed by atoms with van der Waals surface area (Å²) < 4.78 is 7.89. The standard InChI is InChI=1S/C19H25N3O2/c1-14-12-17(14)18-7-5-16(24-18)6-8-19(23)21-10-2-4-15(13-21)22-11-3-9-20-22/h3,5,7,9,11,14-15,17H,2,4,6,8,10,12-13H2,1H3/t14-,15+,17+/m1/s1. The summed E-state index contributed by atoms with van der Waals surface area (Å²) in [6, 6.07) is 6.37. The Labute approximate surface area is 142 Å². The summed E-state index contributed by atoms with van der Waals surface area (Å²) in [5, 5.41) is 4.32. The summed E-state index contributed by atoms with van der Waals surface area (Å²) in [5.74, 6) is 3.62. The normalized spacial score (nSPS) is 26.5. The van der Waals surface area contributed by atoms with E-state index in [1.165, 1.54) is 6.42 Å². The van der Waals surface area contributed by atoms with E-state index in [9.17, 15) is 4.79 Å². The Morgan fingerprint density at radius 1 is 1.42 bits per heavy atom. The van der Waals surface area contributed by atoms with Crippen LogP contribution in [0, 0.1) is 5.92 Å². The summed E-state index contributed by atoms with van der Waals surface area (Å²) in [4.78, 5) is 14.5. The zero-order valence-corrected chi connectivity index (χ0v) is 14.2. The third-order valence-electron chi connectivity index (χ3n) is 5.39. The Hall–Kier alpha value is -2.04. The summed E-state index contributed by atoms with van der Waals surface area (Å²) in [6.45, 7) is 3.88. The highest BCUT2D eigenvalue weighted by Gasteiger charge is 2.36. The minimum absolute atomic E-state index is 0.226. The molecule has 0 aromatic carbocycles. The minimum atomic E-state index is 0.226. The van der Waals surface area contributed by atoms with Crippen molar-refractivity contribution in [2.24, 2.45) is 5.92 Å². The maximum absolute atomic E-state index is 12.5. The van der Waals surface area contributed by atoms with Gasteiger partial charge in [0.15, 0.2) is 0 Å². The Bertz CT molecular complexity index is 691. The topological polar surface area (TPSA) is 51.3 Å². The molecule has 0 unspecified atom stereocenters. The number of likely N-dealkylation sites (tertiary alicyclic amines) is 1. The number of aryl methyl sites for hydroxylation is 1. The molecule has 128 valence electrons. The van der Waals surface area contributed by atoms with Crippen LogP contribution >= 0.6 is 0 Å². The Morgan fingerprint density at radius 3 is 3.04 bits per heavy atom. The van der Waals surface area contributed by atoms with Gasteiger partial charge in [-0.2, -0.15) is 5.10 Å². The Kier molecular flexibility index (Phi) is 4.17. The third-order valence-corrected chi connectivity index (χ3v) is 5.39. The average Bonchev–Trinajstić information content (AvgIpc) is 3.04. The fraction of sp³-hybridized carbons (Fsp3) is 0.579. The number of rotatable bonds is 5. The fourth-order valence-electron chi connectivity index (χ4n) is 3.73. The first-order chi connectivity index (χ1) is 11.7. The van der Waals surface area contributed by atoms with Crippen LogP contribution in [0.3, 0.4) is 0 Å². The van der Waals surface area contributed by atoms with Crippen molar-refractivity contribution in [3.63, 3.8) is 0 Å². The number of furan rings is 1. The molecule has 1 aliphatic carbocycles. The van der Waals surface area contributed by atoms with Crippen molar-refractivity contribution >= 4 is 5.91 Å². The van der Waals surface area contributed by atoms with Crippen LogP contribution in [0.2, 0.25) is 0 Å². The van der Waals surface area contributed by atoms with Crippen LogP contribution in [0.4, 0.5) is 0 Å². The van der Waals surface area contributed by atoms with Crippen LogP contribution in [0.5, 0.6) is 0 Å². The smallest absolute Gasteiger partial charge is 0.223 e. The number of aromatic nitrogens is 2. The molecule has 2 aromatic heterocycles. The molecule has 0 N–H and O–H groups in total. The lowest BCUT2D eigenvalue weighted by molar-refractivity contribution is -0.132. The number of carbonyl (C=O) groups is 1. The number of hydrogen-bond acceptors (Lipinski definition) is 3. The fourth-order valence-corrected chi connectivity index (χ4v) is 3.73. The SMILES string of the molecule is C[C@@H]1C[C@@H]1c1ccc(CCC(=O)N2CCC[C@H](n3cccn3)C2)o1. The number of nitrogens with zero attached hydrogens (tertiary/aromatic N) is 3. The monoisotopic (exact) mass is 327 g/mol. The van der Waals surface area contributed by atoms with Gasteiger partial charge in [0.1, 0.15) is 11.5 Å². The van der Waals surface area contributed by atoms with Crippen molar-refractivity contribution in [2.45, 2.75) is 51.0 Å². The van der Waals surface area contributed by atoms with E-state index < -0.39 is 0 Å². The van der Waals surface area contributed by atoms with Crippen LogP contribution < -0.4 is 0 Å². The Balaban J connectivity index is 1.30. The highest BCUT2D eigenvalue weighted by Crippen LogP contribution is 2.47. The van der Waals surface area contributed by atoms with Gasteiger partial charge in [0.2, 0.25) is 5.91 Å². The minimum Gasteiger partial charge on any atom is -0.466 e. The molecule has 2 aromatic rings. The largest absolute Gasteiger partial charge is 0.466 e. The first-order valence-corrected chi connectivity index (χ1v) is 9.06. The van der Waals surface area contributed by atoms with Crippen molar-refractivity contribution < 1.29 is 9.21 Å². The van der Waals surface area contributed by atoms with Crippen molar-refractivity contribution in [3.8, 4) is 0 Å². The van der Waals surface area contributed by atoms with Gasteiger partial charge in [-0.3, -0.25) is 9.48 Å². The van der Waals surface area contributed by atoms with E-state index in [0.29, 0.717) is 24.8 Å². The number of piperidine rings is 1. The lowest BCUT2D eigenvalue weighted by Gasteiger charge is -2.33. The van der Waals surface area contributed by atoms with Crippen LogP contribution in [0.15, 0.2) is 35.0 Å². The molecule has 1 saturated heterocycles. The van der Waals surface area contributed by atoms with Gasteiger partial charge in [-0.05, 0) is 43.4 Å². The maximum Gasteiger partial charge on any atom is 0.223 e. The molecule has 5 nitrogen and oxygen atoms in total. The highest BCUT2D eigenvalue weighted by molar-refractivity contribution is 5.76. The summed E-state index contributed by atoms with van der Waals surface area (Å²) >= 11 is 0. The van der Waals surface area contributed by atoms with Crippen molar-refractivity contribution in [3.05, 3.63) is 42.1 Å². The summed E-state index contributed by atoms with van der Waals surface area (Å²) in [6.07, 6.45) is 8.38. The van der Waals surface area contributed by atoms with Crippen LogP contribution in [0.25, 0.3) is 0 Å². The summed E-state index contributed by atoms with van der Waals surface area (Å²) in [7, 11) is 0. The lowest BCUT2D eigenvalue weighted by Crippen LogP contribution is -2.40. The van der Waals surface area contributed by atoms with Gasteiger partial charge in [-0.1, -0.05) is 6.92 Å². The van der Waals surface area contributed by atoms with E-state index in [2.05, 4.69) is 18.1 Å². The second kappa shape index (κ2) is 6.46. The molecule has 0 bridgehead atoms. The molecule has 5 heteroatoms. The van der Waals surface area contributed by atoms with Crippen molar-refractivity contribution in [1.82, 2.24) is 14.7 Å². The zero-order valence-electron chi connectivity index (χ0n) is 14.2. The first-order valence-electron chi connectivity index (χ1n) is 9.06. The molecule has 1 amide bonds. The second-order valence-corrected chi connectivity index (χ2v) is 7.25. The summed E-state index contributed by atoms with van der Waals surface area (Å²) in [5.41, 5.74) is 0. The van der Waals surface area contributed by atoms with Gasteiger partial charge in [0, 0.05) is 44.2 Å². The molecule has 0 radical (unpaired) electrons. The molecule has 2 fully saturated rings. The van der Waals surface area contributed by atoms with Crippen LogP contribution in [-0.4, -0.2) is 33.7 Å². The molecule has 0 spiro atoms.